The number of nitrogens with one attached hydrogen (secondary N) is 2. The lowest BCUT2D eigenvalue weighted by Gasteiger charge is -2.23. The van der Waals surface area contributed by atoms with Crippen LogP contribution in [0.3, 0.4) is 0 Å². The minimum Gasteiger partial charge on any atom is -0.350 e. The molecule has 3 heterocycles. The van der Waals surface area contributed by atoms with Gasteiger partial charge in [0.05, 0.1) is 18.7 Å². The van der Waals surface area contributed by atoms with Gasteiger partial charge in [0.1, 0.15) is 35.5 Å². The standard InChI is InChI=1S/C21H16F4N6O2.2ClH/c22-13-4-3-7-27-15(13)10-29-17(32)8-14-12(9-26)19(33)18(23)20(31-14)30-11-21(24,25)16-5-1-2-6-28-16;;/h1-7,18H,8,10-11H2,(H,29,32)(H,30,31);2*1H. The third-order valence-corrected chi connectivity index (χ3v) is 4.52. The number of alkyl halides is 3. The smallest absolute Gasteiger partial charge is 0.308 e. The fourth-order valence-corrected chi connectivity index (χ4v) is 2.85. The van der Waals surface area contributed by atoms with Crippen molar-refractivity contribution in [3.8, 4) is 6.07 Å². The molecule has 0 spiro atoms. The zero-order valence-electron chi connectivity index (χ0n) is 17.7. The first kappa shape index (κ1) is 29.5. The summed E-state index contributed by atoms with van der Waals surface area (Å²) in [7, 11) is 0. The minimum atomic E-state index is -3.55. The number of amides is 1. The van der Waals surface area contributed by atoms with Gasteiger partial charge in [-0.25, -0.2) is 8.78 Å². The van der Waals surface area contributed by atoms with Crippen LogP contribution in [-0.2, 0) is 22.1 Å². The fraction of sp³-hybridized carbons (Fsp3) is 0.238. The van der Waals surface area contributed by atoms with E-state index in [1.165, 1.54) is 30.5 Å². The number of amidine groups is 1. The molecular weight excluding hydrogens is 515 g/mol. The average Bonchev–Trinajstić information content (AvgIpc) is 2.81. The van der Waals surface area contributed by atoms with Crippen LogP contribution >= 0.6 is 24.8 Å². The number of aromatic nitrogens is 2. The van der Waals surface area contributed by atoms with Gasteiger partial charge in [-0.05, 0) is 24.3 Å². The molecule has 0 aliphatic carbocycles. The number of allylic oxidation sites excluding steroid dienone is 1. The Morgan fingerprint density at radius 1 is 1.20 bits per heavy atom. The molecule has 1 aliphatic heterocycles. The number of hydrogen-bond donors (Lipinski definition) is 2. The lowest BCUT2D eigenvalue weighted by molar-refractivity contribution is -0.120. The first-order valence-corrected chi connectivity index (χ1v) is 9.51. The predicted octanol–water partition coefficient (Wildman–Crippen LogP) is 2.94. The van der Waals surface area contributed by atoms with Crippen molar-refractivity contribution in [2.75, 3.05) is 6.54 Å². The minimum absolute atomic E-state index is 0. The molecule has 8 nitrogen and oxygen atoms in total. The average molecular weight is 533 g/mol. The third-order valence-electron chi connectivity index (χ3n) is 4.52. The maximum Gasteiger partial charge on any atom is 0.308 e. The van der Waals surface area contributed by atoms with Gasteiger partial charge in [0, 0.05) is 18.1 Å². The van der Waals surface area contributed by atoms with Crippen LogP contribution in [0.2, 0.25) is 0 Å². The molecule has 1 unspecified atom stereocenters. The van der Waals surface area contributed by atoms with E-state index in [1.54, 1.807) is 0 Å². The first-order chi connectivity index (χ1) is 15.7. The number of carbonyl (C=O) groups is 2. The second kappa shape index (κ2) is 12.8. The Bertz CT molecular complexity index is 1170. The first-order valence-electron chi connectivity index (χ1n) is 9.51. The number of pyridine rings is 2. The van der Waals surface area contributed by atoms with Crippen LogP contribution in [0.15, 0.2) is 59.0 Å². The zero-order chi connectivity index (χ0) is 24.0. The summed E-state index contributed by atoms with van der Waals surface area (Å²) in [6, 6.07) is 7.88. The molecule has 3 rings (SSSR count). The Morgan fingerprint density at radius 2 is 1.91 bits per heavy atom. The number of nitriles is 1. The maximum absolute atomic E-state index is 14.4. The normalized spacial score (nSPS) is 16.5. The van der Waals surface area contributed by atoms with Crippen molar-refractivity contribution in [2.45, 2.75) is 25.1 Å². The highest BCUT2D eigenvalue weighted by molar-refractivity contribution is 6.19. The Kier molecular flexibility index (Phi) is 10.8. The van der Waals surface area contributed by atoms with Crippen LogP contribution in [0.25, 0.3) is 0 Å². The largest absolute Gasteiger partial charge is 0.350 e. The van der Waals surface area contributed by atoms with E-state index in [4.69, 9.17) is 0 Å². The molecule has 0 saturated heterocycles. The number of carbonyl (C=O) groups excluding carboxylic acids is 2. The Balaban J connectivity index is 0.00000306. The van der Waals surface area contributed by atoms with E-state index < -0.39 is 59.7 Å². The third kappa shape index (κ3) is 7.21. The Hall–Kier alpha value is -3.56. The molecule has 1 atom stereocenters. The summed E-state index contributed by atoms with van der Waals surface area (Å²) in [4.78, 5) is 35.2. The summed E-state index contributed by atoms with van der Waals surface area (Å²) in [5.41, 5.74) is -1.62. The molecular formula is C21H18Cl2F4N6O2. The molecule has 35 heavy (non-hydrogen) atoms. The van der Waals surface area contributed by atoms with Crippen molar-refractivity contribution in [2.24, 2.45) is 4.99 Å². The van der Waals surface area contributed by atoms with Gasteiger partial charge in [-0.15, -0.1) is 24.8 Å². The molecule has 2 N–H and O–H groups in total. The lowest BCUT2D eigenvalue weighted by atomic mass is 9.99. The molecule has 186 valence electrons. The Labute approximate surface area is 209 Å². The number of Topliss-reactive ketones (excluding diaryl/α,β-unsaturated/α-hetero) is 1. The van der Waals surface area contributed by atoms with E-state index in [2.05, 4.69) is 25.6 Å². The zero-order valence-corrected chi connectivity index (χ0v) is 19.3. The van der Waals surface area contributed by atoms with Crippen molar-refractivity contribution in [1.29, 1.82) is 5.26 Å². The Morgan fingerprint density at radius 3 is 2.54 bits per heavy atom. The summed E-state index contributed by atoms with van der Waals surface area (Å²) >= 11 is 0. The summed E-state index contributed by atoms with van der Waals surface area (Å²) < 4.78 is 56.7. The second-order valence-corrected chi connectivity index (χ2v) is 6.82. The van der Waals surface area contributed by atoms with Crippen molar-refractivity contribution >= 4 is 42.3 Å². The molecule has 2 aromatic heterocycles. The van der Waals surface area contributed by atoms with Crippen molar-refractivity contribution < 1.29 is 27.2 Å². The van der Waals surface area contributed by atoms with E-state index in [1.807, 2.05) is 0 Å². The van der Waals surface area contributed by atoms with Gasteiger partial charge in [-0.2, -0.15) is 14.0 Å². The lowest BCUT2D eigenvalue weighted by Crippen LogP contribution is -2.45. The number of hydrogen-bond acceptors (Lipinski definition) is 6. The van der Waals surface area contributed by atoms with Gasteiger partial charge in [0.2, 0.25) is 17.9 Å². The predicted molar refractivity (Wildman–Crippen MR) is 121 cm³/mol. The van der Waals surface area contributed by atoms with Gasteiger partial charge in [0.25, 0.3) is 0 Å². The summed E-state index contributed by atoms with van der Waals surface area (Å²) in [5.74, 6) is -7.02. The molecule has 0 radical (unpaired) electrons. The van der Waals surface area contributed by atoms with Crippen molar-refractivity contribution in [3.63, 3.8) is 0 Å². The monoisotopic (exact) mass is 532 g/mol. The number of ketones is 1. The van der Waals surface area contributed by atoms with Crippen LogP contribution in [0.4, 0.5) is 17.6 Å². The highest BCUT2D eigenvalue weighted by atomic mass is 35.5. The molecule has 2 aromatic rings. The topological polar surface area (TPSA) is 120 Å². The van der Waals surface area contributed by atoms with Gasteiger partial charge in [-0.1, -0.05) is 6.07 Å². The second-order valence-electron chi connectivity index (χ2n) is 6.82. The van der Waals surface area contributed by atoms with E-state index in [-0.39, 0.29) is 42.7 Å². The van der Waals surface area contributed by atoms with Crippen LogP contribution in [0.1, 0.15) is 17.8 Å². The summed E-state index contributed by atoms with van der Waals surface area (Å²) in [5, 5.41) is 13.9. The summed E-state index contributed by atoms with van der Waals surface area (Å²) in [6.07, 6.45) is -0.598. The van der Waals surface area contributed by atoms with Gasteiger partial charge >= 0.3 is 5.92 Å². The highest BCUT2D eigenvalue weighted by Gasteiger charge is 2.38. The molecule has 1 amide bonds. The van der Waals surface area contributed by atoms with E-state index in [9.17, 15) is 32.4 Å². The molecule has 0 aromatic carbocycles. The van der Waals surface area contributed by atoms with Crippen molar-refractivity contribution in [3.05, 3.63) is 71.2 Å². The molecule has 1 aliphatic rings. The van der Waals surface area contributed by atoms with E-state index >= 15 is 0 Å². The van der Waals surface area contributed by atoms with Crippen LogP contribution in [-0.4, -0.2) is 40.2 Å². The maximum atomic E-state index is 14.4. The van der Waals surface area contributed by atoms with Crippen LogP contribution in [0, 0.1) is 17.1 Å². The van der Waals surface area contributed by atoms with Gasteiger partial charge in [0.15, 0.2) is 0 Å². The van der Waals surface area contributed by atoms with E-state index in [0.717, 1.165) is 18.3 Å². The fourth-order valence-electron chi connectivity index (χ4n) is 2.85. The number of rotatable bonds is 7. The van der Waals surface area contributed by atoms with Gasteiger partial charge < -0.3 is 10.6 Å². The molecule has 0 bridgehead atoms. The SMILES string of the molecule is Cl.Cl.N#CC1=C(CC(=O)NCc2ncccc2F)NC(=NCC(F)(F)c2ccccn2)C(F)C1=O. The quantitative estimate of drug-likeness (QED) is 0.529. The van der Waals surface area contributed by atoms with Crippen LogP contribution in [0.5, 0.6) is 0 Å². The number of nitrogens with zero attached hydrogens (tertiary/aromatic N) is 4. The van der Waals surface area contributed by atoms with Crippen LogP contribution < -0.4 is 10.6 Å². The van der Waals surface area contributed by atoms with Gasteiger partial charge in [-0.3, -0.25) is 24.5 Å². The number of halogens is 6. The number of aliphatic imine (C=N–C) groups is 1. The molecule has 14 heteroatoms. The highest BCUT2D eigenvalue weighted by Crippen LogP contribution is 2.27. The molecule has 0 saturated carbocycles. The van der Waals surface area contributed by atoms with E-state index in [0.29, 0.717) is 0 Å². The molecule has 0 fully saturated rings. The summed E-state index contributed by atoms with van der Waals surface area (Å²) in [6.45, 7) is -1.50. The van der Waals surface area contributed by atoms with Crippen molar-refractivity contribution in [1.82, 2.24) is 20.6 Å².